The van der Waals surface area contributed by atoms with Crippen LogP contribution in [0.15, 0.2) is 60.7 Å². The highest BCUT2D eigenvalue weighted by Gasteiger charge is 2.28. The lowest BCUT2D eigenvalue weighted by Gasteiger charge is -2.40. The Kier molecular flexibility index (Phi) is 6.06. The van der Waals surface area contributed by atoms with Crippen molar-refractivity contribution in [2.75, 3.05) is 13.1 Å². The molecule has 0 radical (unpaired) electrons. The summed E-state index contributed by atoms with van der Waals surface area (Å²) in [5.74, 6) is 0.730. The summed E-state index contributed by atoms with van der Waals surface area (Å²) in [5, 5.41) is 3.89. The second kappa shape index (κ2) is 8.46. The number of nitrogens with zero attached hydrogens (tertiary/aromatic N) is 1. The molecule has 1 aliphatic rings. The summed E-state index contributed by atoms with van der Waals surface area (Å²) >= 11 is 0. The molecule has 1 fully saturated rings. The molecule has 24 heavy (non-hydrogen) atoms. The van der Waals surface area contributed by atoms with Gasteiger partial charge in [-0.1, -0.05) is 74.0 Å². The summed E-state index contributed by atoms with van der Waals surface area (Å²) in [5.41, 5.74) is 2.82. The smallest absolute Gasteiger partial charge is 0.0294 e. The zero-order valence-corrected chi connectivity index (χ0v) is 15.0. The zero-order valence-electron chi connectivity index (χ0n) is 15.0. The average Bonchev–Trinajstić information content (AvgIpc) is 2.64. The molecule has 1 aliphatic heterocycles. The Morgan fingerprint density at radius 2 is 1.71 bits per heavy atom. The Morgan fingerprint density at radius 1 is 1.04 bits per heavy atom. The maximum atomic E-state index is 3.89. The molecule has 1 N–H and O–H groups in total. The van der Waals surface area contributed by atoms with Crippen LogP contribution < -0.4 is 5.32 Å². The van der Waals surface area contributed by atoms with E-state index in [2.05, 4.69) is 84.7 Å². The fourth-order valence-electron chi connectivity index (χ4n) is 3.88. The van der Waals surface area contributed by atoms with Crippen LogP contribution in [0.5, 0.6) is 0 Å². The van der Waals surface area contributed by atoms with Crippen LogP contribution in [0, 0.1) is 5.92 Å². The van der Waals surface area contributed by atoms with Gasteiger partial charge in [-0.2, -0.15) is 0 Å². The van der Waals surface area contributed by atoms with Crippen molar-refractivity contribution in [3.05, 3.63) is 71.8 Å². The number of rotatable bonds is 6. The lowest BCUT2D eigenvalue weighted by molar-refractivity contribution is 0.123. The molecule has 128 valence electrons. The summed E-state index contributed by atoms with van der Waals surface area (Å²) in [6, 6.07) is 22.7. The number of hydrogen-bond donors (Lipinski definition) is 1. The van der Waals surface area contributed by atoms with Crippen molar-refractivity contribution >= 4 is 0 Å². The molecule has 0 spiro atoms. The molecule has 3 atom stereocenters. The summed E-state index contributed by atoms with van der Waals surface area (Å²) < 4.78 is 0. The van der Waals surface area contributed by atoms with Gasteiger partial charge in [0.25, 0.3) is 0 Å². The highest BCUT2D eigenvalue weighted by atomic mass is 15.1. The fraction of sp³-hybridized carbons (Fsp3) is 0.455. The van der Waals surface area contributed by atoms with Gasteiger partial charge in [-0.15, -0.1) is 0 Å². The lowest BCUT2D eigenvalue weighted by Crippen LogP contribution is -2.49. The van der Waals surface area contributed by atoms with E-state index in [-0.39, 0.29) is 0 Å². The molecule has 0 saturated carbocycles. The summed E-state index contributed by atoms with van der Waals surface area (Å²) in [4.78, 5) is 2.62. The predicted octanol–water partition coefficient (Wildman–Crippen LogP) is 4.64. The van der Waals surface area contributed by atoms with Crippen LogP contribution in [-0.2, 0) is 6.54 Å². The Labute approximate surface area is 146 Å². The molecule has 2 nitrogen and oxygen atoms in total. The van der Waals surface area contributed by atoms with Crippen molar-refractivity contribution < 1.29 is 0 Å². The van der Waals surface area contributed by atoms with Crippen LogP contribution >= 0.6 is 0 Å². The van der Waals surface area contributed by atoms with E-state index in [4.69, 9.17) is 0 Å². The highest BCUT2D eigenvalue weighted by molar-refractivity contribution is 5.18. The van der Waals surface area contributed by atoms with Crippen LogP contribution in [-0.4, -0.2) is 24.0 Å². The van der Waals surface area contributed by atoms with Crippen LogP contribution in [0.1, 0.15) is 43.9 Å². The van der Waals surface area contributed by atoms with Gasteiger partial charge in [0.15, 0.2) is 0 Å². The van der Waals surface area contributed by atoms with E-state index in [0.29, 0.717) is 12.1 Å². The van der Waals surface area contributed by atoms with Crippen molar-refractivity contribution in [3.63, 3.8) is 0 Å². The highest BCUT2D eigenvalue weighted by Crippen LogP contribution is 2.24. The summed E-state index contributed by atoms with van der Waals surface area (Å²) in [6.07, 6.45) is 2.48. The molecule has 3 rings (SSSR count). The summed E-state index contributed by atoms with van der Waals surface area (Å²) in [6.45, 7) is 8.09. The van der Waals surface area contributed by atoms with Gasteiger partial charge in [0.1, 0.15) is 0 Å². The van der Waals surface area contributed by atoms with Crippen LogP contribution in [0.2, 0.25) is 0 Å². The van der Waals surface area contributed by atoms with Crippen molar-refractivity contribution in [2.24, 2.45) is 5.92 Å². The third-order valence-electron chi connectivity index (χ3n) is 5.36. The molecule has 0 unspecified atom stereocenters. The van der Waals surface area contributed by atoms with Gasteiger partial charge < -0.3 is 5.32 Å². The molecule has 1 saturated heterocycles. The minimum Gasteiger partial charge on any atom is -0.307 e. The first-order chi connectivity index (χ1) is 11.8. The normalized spacial score (nSPS) is 23.1. The number of piperidine rings is 1. The molecule has 1 heterocycles. The lowest BCUT2D eigenvalue weighted by atomic mass is 9.88. The van der Waals surface area contributed by atoms with Gasteiger partial charge >= 0.3 is 0 Å². The van der Waals surface area contributed by atoms with Crippen molar-refractivity contribution in [2.45, 2.75) is 45.3 Å². The van der Waals surface area contributed by atoms with Gasteiger partial charge in [-0.3, -0.25) is 4.90 Å². The standard InChI is InChI=1S/C22H30N2/c1-3-20-17-24(16-19-10-6-4-7-11-19)15-14-22(20)23-18(2)21-12-8-5-9-13-21/h4-13,18,20,22-23H,3,14-17H2,1-2H3/t18-,20+,22+/m0/s1. The van der Waals surface area contributed by atoms with Crippen molar-refractivity contribution in [1.82, 2.24) is 10.2 Å². The molecular formula is C22H30N2. The van der Waals surface area contributed by atoms with E-state index in [1.54, 1.807) is 0 Å². The van der Waals surface area contributed by atoms with Gasteiger partial charge in [0.2, 0.25) is 0 Å². The molecule has 0 aromatic heterocycles. The van der Waals surface area contributed by atoms with E-state index in [1.807, 2.05) is 0 Å². The quantitative estimate of drug-likeness (QED) is 0.833. The SMILES string of the molecule is CC[C@@H]1CN(Cc2ccccc2)CC[C@H]1N[C@@H](C)c1ccccc1. The Bertz CT molecular complexity index is 596. The second-order valence-electron chi connectivity index (χ2n) is 7.08. The van der Waals surface area contributed by atoms with E-state index in [9.17, 15) is 0 Å². The first-order valence-electron chi connectivity index (χ1n) is 9.33. The number of hydrogen-bond acceptors (Lipinski definition) is 2. The minimum absolute atomic E-state index is 0.422. The Morgan fingerprint density at radius 3 is 2.38 bits per heavy atom. The molecule has 0 aliphatic carbocycles. The topological polar surface area (TPSA) is 15.3 Å². The zero-order chi connectivity index (χ0) is 16.8. The largest absolute Gasteiger partial charge is 0.307 e. The third kappa shape index (κ3) is 4.46. The van der Waals surface area contributed by atoms with E-state index < -0.39 is 0 Å². The van der Waals surface area contributed by atoms with Gasteiger partial charge in [0.05, 0.1) is 0 Å². The van der Waals surface area contributed by atoms with E-state index in [1.165, 1.54) is 37.1 Å². The Hall–Kier alpha value is -1.64. The van der Waals surface area contributed by atoms with Crippen LogP contribution in [0.3, 0.4) is 0 Å². The van der Waals surface area contributed by atoms with E-state index >= 15 is 0 Å². The fourth-order valence-corrected chi connectivity index (χ4v) is 3.88. The Balaban J connectivity index is 1.57. The molecule has 2 heteroatoms. The summed E-state index contributed by atoms with van der Waals surface area (Å²) in [7, 11) is 0. The van der Waals surface area contributed by atoms with Crippen LogP contribution in [0.25, 0.3) is 0 Å². The first kappa shape index (κ1) is 17.2. The number of likely N-dealkylation sites (tertiary alicyclic amines) is 1. The van der Waals surface area contributed by atoms with Gasteiger partial charge in [0, 0.05) is 25.2 Å². The average molecular weight is 322 g/mol. The second-order valence-corrected chi connectivity index (χ2v) is 7.08. The predicted molar refractivity (Wildman–Crippen MR) is 102 cm³/mol. The number of nitrogens with one attached hydrogen (secondary N) is 1. The first-order valence-corrected chi connectivity index (χ1v) is 9.33. The molecule has 0 bridgehead atoms. The van der Waals surface area contributed by atoms with Crippen molar-refractivity contribution in [3.8, 4) is 0 Å². The molecule has 2 aromatic rings. The molecular weight excluding hydrogens is 292 g/mol. The van der Waals surface area contributed by atoms with Crippen molar-refractivity contribution in [1.29, 1.82) is 0 Å². The number of benzene rings is 2. The molecule has 0 amide bonds. The van der Waals surface area contributed by atoms with Gasteiger partial charge in [-0.25, -0.2) is 0 Å². The minimum atomic E-state index is 0.422. The van der Waals surface area contributed by atoms with E-state index in [0.717, 1.165) is 12.5 Å². The third-order valence-corrected chi connectivity index (χ3v) is 5.36. The van der Waals surface area contributed by atoms with Gasteiger partial charge in [-0.05, 0) is 36.9 Å². The van der Waals surface area contributed by atoms with Crippen LogP contribution in [0.4, 0.5) is 0 Å². The monoisotopic (exact) mass is 322 g/mol. The molecule has 2 aromatic carbocycles. The maximum Gasteiger partial charge on any atom is 0.0294 e. The maximum absolute atomic E-state index is 3.89.